The van der Waals surface area contributed by atoms with Crippen molar-refractivity contribution >= 4 is 0 Å². The quantitative estimate of drug-likeness (QED) is 0.679. The average Bonchev–Trinajstić information content (AvgIpc) is 2.63. The molecular weight excluding hydrogens is 349 g/mol. The highest BCUT2D eigenvalue weighted by atomic mass is 19.4. The molecule has 0 N–H and O–H groups in total. The molecule has 1 aromatic carbocycles. The van der Waals surface area contributed by atoms with Gasteiger partial charge in [0.1, 0.15) is 11.4 Å². The fraction of sp³-hybridized carbons (Fsp3) is 0.176. The van der Waals surface area contributed by atoms with E-state index in [0.29, 0.717) is 17.9 Å². The summed E-state index contributed by atoms with van der Waals surface area (Å²) in [6.07, 6.45) is 1.48. The number of hydrogen-bond donors (Lipinski definition) is 0. The molecule has 0 aliphatic carbocycles. The third-order valence-corrected chi connectivity index (χ3v) is 3.24. The Morgan fingerprint density at radius 2 is 1.58 bits per heavy atom. The molecule has 6 nitrogen and oxygen atoms in total. The van der Waals surface area contributed by atoms with Crippen molar-refractivity contribution in [1.82, 2.24) is 19.9 Å². The Hall–Kier alpha value is -3.23. The number of benzene rings is 1. The second-order valence-electron chi connectivity index (χ2n) is 5.02. The van der Waals surface area contributed by atoms with Crippen molar-refractivity contribution in [3.63, 3.8) is 0 Å². The first-order valence-electron chi connectivity index (χ1n) is 7.58. The maximum atomic E-state index is 12.6. The number of rotatable bonds is 5. The van der Waals surface area contributed by atoms with Crippen LogP contribution in [0.25, 0.3) is 11.3 Å². The molecule has 2 heterocycles. The van der Waals surface area contributed by atoms with E-state index in [0.717, 1.165) is 12.1 Å². The molecule has 0 atom stereocenters. The van der Waals surface area contributed by atoms with Gasteiger partial charge >= 0.3 is 12.2 Å². The van der Waals surface area contributed by atoms with Gasteiger partial charge in [0.15, 0.2) is 0 Å². The van der Waals surface area contributed by atoms with Crippen LogP contribution in [0.1, 0.15) is 12.5 Å². The highest BCUT2D eigenvalue weighted by molar-refractivity contribution is 5.62. The van der Waals surface area contributed by atoms with Gasteiger partial charge in [-0.15, -0.1) is 0 Å². The number of ether oxygens (including phenoxy) is 2. The standard InChI is InChI=1S/C17H13F3N4O2/c1-2-25-16-23-9-11(10-24-16)14-15(22-8-7-21-14)26-13-5-3-12(4-6-13)17(18,19)20/h3-10H,2H2,1H3. The molecule has 134 valence electrons. The second kappa shape index (κ2) is 7.34. The summed E-state index contributed by atoms with van der Waals surface area (Å²) >= 11 is 0. The molecule has 0 amide bonds. The Bertz CT molecular complexity index is 868. The number of hydrogen-bond acceptors (Lipinski definition) is 6. The molecule has 0 unspecified atom stereocenters. The summed E-state index contributed by atoms with van der Waals surface area (Å²) in [5, 5.41) is 0. The molecule has 0 saturated carbocycles. The molecule has 9 heteroatoms. The van der Waals surface area contributed by atoms with Crippen molar-refractivity contribution in [3.8, 4) is 28.9 Å². The maximum absolute atomic E-state index is 12.6. The third kappa shape index (κ3) is 4.05. The van der Waals surface area contributed by atoms with Gasteiger partial charge in [0, 0.05) is 30.4 Å². The van der Waals surface area contributed by atoms with Gasteiger partial charge in [0.05, 0.1) is 12.2 Å². The SMILES string of the molecule is CCOc1ncc(-c2nccnc2Oc2ccc(C(F)(F)F)cc2)cn1. The van der Waals surface area contributed by atoms with Crippen LogP contribution in [0.3, 0.4) is 0 Å². The molecule has 3 rings (SSSR count). The zero-order valence-corrected chi connectivity index (χ0v) is 13.6. The first kappa shape index (κ1) is 17.6. The van der Waals surface area contributed by atoms with Gasteiger partial charge in [-0.05, 0) is 31.2 Å². The lowest BCUT2D eigenvalue weighted by molar-refractivity contribution is -0.137. The van der Waals surface area contributed by atoms with Crippen LogP contribution in [0.5, 0.6) is 17.6 Å². The van der Waals surface area contributed by atoms with Crippen LogP contribution in [0, 0.1) is 0 Å². The van der Waals surface area contributed by atoms with Crippen molar-refractivity contribution in [2.45, 2.75) is 13.1 Å². The maximum Gasteiger partial charge on any atom is 0.416 e. The van der Waals surface area contributed by atoms with E-state index in [2.05, 4.69) is 19.9 Å². The lowest BCUT2D eigenvalue weighted by atomic mass is 10.2. The van der Waals surface area contributed by atoms with Crippen molar-refractivity contribution in [3.05, 3.63) is 54.6 Å². The molecule has 0 spiro atoms. The second-order valence-corrected chi connectivity index (χ2v) is 5.02. The molecular formula is C17H13F3N4O2. The van der Waals surface area contributed by atoms with Crippen LogP contribution in [0.15, 0.2) is 49.1 Å². The summed E-state index contributed by atoms with van der Waals surface area (Å²) in [4.78, 5) is 16.4. The topological polar surface area (TPSA) is 70.0 Å². The molecule has 0 aliphatic heterocycles. The monoisotopic (exact) mass is 362 g/mol. The van der Waals surface area contributed by atoms with E-state index in [1.807, 2.05) is 6.92 Å². The highest BCUT2D eigenvalue weighted by Gasteiger charge is 2.30. The van der Waals surface area contributed by atoms with E-state index >= 15 is 0 Å². The van der Waals surface area contributed by atoms with E-state index in [9.17, 15) is 13.2 Å². The van der Waals surface area contributed by atoms with Crippen LogP contribution >= 0.6 is 0 Å². The Morgan fingerprint density at radius 1 is 0.923 bits per heavy atom. The van der Waals surface area contributed by atoms with Crippen molar-refractivity contribution in [1.29, 1.82) is 0 Å². The van der Waals surface area contributed by atoms with Crippen LogP contribution in [-0.2, 0) is 6.18 Å². The van der Waals surface area contributed by atoms with E-state index in [1.165, 1.54) is 36.9 Å². The van der Waals surface area contributed by atoms with E-state index in [4.69, 9.17) is 9.47 Å². The van der Waals surface area contributed by atoms with E-state index < -0.39 is 11.7 Å². The lowest BCUT2D eigenvalue weighted by Crippen LogP contribution is -2.04. The minimum Gasteiger partial charge on any atom is -0.464 e. The van der Waals surface area contributed by atoms with Gasteiger partial charge in [-0.1, -0.05) is 0 Å². The highest BCUT2D eigenvalue weighted by Crippen LogP contribution is 2.33. The van der Waals surface area contributed by atoms with E-state index in [1.54, 1.807) is 0 Å². The molecule has 2 aromatic heterocycles. The minimum absolute atomic E-state index is 0.125. The summed E-state index contributed by atoms with van der Waals surface area (Å²) in [6, 6.07) is 4.54. The van der Waals surface area contributed by atoms with Crippen molar-refractivity contribution < 1.29 is 22.6 Å². The number of halogens is 3. The smallest absolute Gasteiger partial charge is 0.416 e. The average molecular weight is 362 g/mol. The van der Waals surface area contributed by atoms with Gasteiger partial charge in [-0.3, -0.25) is 0 Å². The van der Waals surface area contributed by atoms with Gasteiger partial charge < -0.3 is 9.47 Å². The summed E-state index contributed by atoms with van der Waals surface area (Å²) < 4.78 is 48.7. The third-order valence-electron chi connectivity index (χ3n) is 3.24. The predicted octanol–water partition coefficient (Wildman–Crippen LogP) is 4.14. The predicted molar refractivity (Wildman–Crippen MR) is 85.7 cm³/mol. The fourth-order valence-corrected chi connectivity index (χ4v) is 2.06. The van der Waals surface area contributed by atoms with Gasteiger partial charge in [0.25, 0.3) is 0 Å². The molecule has 0 saturated heterocycles. The number of nitrogens with zero attached hydrogens (tertiary/aromatic N) is 4. The molecule has 0 bridgehead atoms. The zero-order valence-electron chi connectivity index (χ0n) is 13.6. The zero-order chi connectivity index (χ0) is 18.6. The van der Waals surface area contributed by atoms with E-state index in [-0.39, 0.29) is 17.6 Å². The Morgan fingerprint density at radius 3 is 2.19 bits per heavy atom. The fourth-order valence-electron chi connectivity index (χ4n) is 2.06. The molecule has 0 aliphatic rings. The normalized spacial score (nSPS) is 11.2. The largest absolute Gasteiger partial charge is 0.464 e. The lowest BCUT2D eigenvalue weighted by Gasteiger charge is -2.10. The van der Waals surface area contributed by atoms with Gasteiger partial charge in [-0.2, -0.15) is 13.2 Å². The van der Waals surface area contributed by atoms with Crippen LogP contribution in [0.2, 0.25) is 0 Å². The molecule has 26 heavy (non-hydrogen) atoms. The van der Waals surface area contributed by atoms with Gasteiger partial charge in [0.2, 0.25) is 5.88 Å². The Balaban J connectivity index is 1.85. The molecule has 3 aromatic rings. The number of alkyl halides is 3. The number of aromatic nitrogens is 4. The molecule has 0 fully saturated rings. The molecule has 0 radical (unpaired) electrons. The van der Waals surface area contributed by atoms with Gasteiger partial charge in [-0.25, -0.2) is 19.9 Å². The Labute approximate surface area is 146 Å². The summed E-state index contributed by atoms with van der Waals surface area (Å²) in [7, 11) is 0. The van der Waals surface area contributed by atoms with Crippen molar-refractivity contribution in [2.24, 2.45) is 0 Å². The summed E-state index contributed by atoms with van der Waals surface area (Å²) in [5.41, 5.74) is 0.128. The first-order valence-corrected chi connectivity index (χ1v) is 7.58. The van der Waals surface area contributed by atoms with Crippen molar-refractivity contribution in [2.75, 3.05) is 6.61 Å². The summed E-state index contributed by atoms with van der Waals surface area (Å²) in [5.74, 6) is 0.326. The van der Waals surface area contributed by atoms with Crippen LogP contribution in [-0.4, -0.2) is 26.5 Å². The van der Waals surface area contributed by atoms with Crippen LogP contribution in [0.4, 0.5) is 13.2 Å². The minimum atomic E-state index is -4.41. The van der Waals surface area contributed by atoms with Crippen LogP contribution < -0.4 is 9.47 Å². The Kier molecular flexibility index (Phi) is 4.97. The first-order chi connectivity index (χ1) is 12.5. The summed E-state index contributed by atoms with van der Waals surface area (Å²) in [6.45, 7) is 2.25.